The molecule has 3 rings (SSSR count). The summed E-state index contributed by atoms with van der Waals surface area (Å²) in [6, 6.07) is 3.74. The zero-order valence-electron chi connectivity index (χ0n) is 15.5. The van der Waals surface area contributed by atoms with E-state index in [0.717, 1.165) is 42.9 Å². The molecule has 0 saturated carbocycles. The molecule has 2 aromatic rings. The molecule has 0 spiro atoms. The van der Waals surface area contributed by atoms with Crippen molar-refractivity contribution >= 4 is 17.7 Å². The monoisotopic (exact) mass is 352 g/mol. The summed E-state index contributed by atoms with van der Waals surface area (Å²) < 4.78 is 0. The van der Waals surface area contributed by atoms with Crippen LogP contribution in [0.5, 0.6) is 0 Å². The average molecular weight is 352 g/mol. The van der Waals surface area contributed by atoms with E-state index in [1.165, 1.54) is 6.08 Å². The third-order valence-electron chi connectivity index (χ3n) is 4.38. The van der Waals surface area contributed by atoms with E-state index in [0.29, 0.717) is 17.6 Å². The Morgan fingerprint density at radius 3 is 2.58 bits per heavy atom. The number of hydrogen-bond donors (Lipinski definition) is 1. The van der Waals surface area contributed by atoms with Gasteiger partial charge in [0.15, 0.2) is 0 Å². The number of nitrogens with one attached hydrogen (secondary N) is 1. The maximum Gasteiger partial charge on any atom is 0.246 e. The van der Waals surface area contributed by atoms with E-state index in [-0.39, 0.29) is 11.9 Å². The van der Waals surface area contributed by atoms with Gasteiger partial charge in [0.25, 0.3) is 0 Å². The Hall–Kier alpha value is -2.83. The normalized spacial score (nSPS) is 17.0. The number of amides is 1. The molecule has 0 aliphatic carbocycles. The number of piperidine rings is 1. The molecule has 1 fully saturated rings. The van der Waals surface area contributed by atoms with E-state index >= 15 is 0 Å². The summed E-state index contributed by atoms with van der Waals surface area (Å²) in [5.41, 5.74) is 2.61. The molecule has 0 radical (unpaired) electrons. The van der Waals surface area contributed by atoms with E-state index < -0.39 is 0 Å². The molecule has 136 valence electrons. The van der Waals surface area contributed by atoms with Crippen molar-refractivity contribution in [3.05, 3.63) is 47.7 Å². The van der Waals surface area contributed by atoms with E-state index in [2.05, 4.69) is 31.8 Å². The second-order valence-corrected chi connectivity index (χ2v) is 6.57. The summed E-state index contributed by atoms with van der Waals surface area (Å²) in [6.07, 6.45) is 4.32. The smallest absolute Gasteiger partial charge is 0.246 e. The molecule has 1 amide bonds. The molecule has 1 unspecified atom stereocenters. The molecule has 1 saturated heterocycles. The van der Waals surface area contributed by atoms with Crippen LogP contribution in [-0.2, 0) is 4.79 Å². The second-order valence-electron chi connectivity index (χ2n) is 6.57. The maximum absolute atomic E-state index is 12.2. The number of anilines is 2. The van der Waals surface area contributed by atoms with Crippen molar-refractivity contribution in [3.8, 4) is 0 Å². The van der Waals surface area contributed by atoms with E-state index in [9.17, 15) is 4.79 Å². The van der Waals surface area contributed by atoms with Gasteiger partial charge in [-0.15, -0.1) is 0 Å². The molecule has 0 aromatic carbocycles. The number of nitrogens with zero attached hydrogens (tertiary/aromatic N) is 5. The fraction of sp³-hybridized carbons (Fsp3) is 0.421. The predicted octanol–water partition coefficient (Wildman–Crippen LogP) is 3.18. The minimum absolute atomic E-state index is 0.0573. The molecule has 7 heteroatoms. The molecule has 1 aliphatic heterocycles. The van der Waals surface area contributed by atoms with Crippen molar-refractivity contribution in [2.24, 2.45) is 0 Å². The van der Waals surface area contributed by atoms with Crippen LogP contribution in [-0.4, -0.2) is 37.3 Å². The van der Waals surface area contributed by atoms with Gasteiger partial charge in [-0.2, -0.15) is 0 Å². The summed E-state index contributed by atoms with van der Waals surface area (Å²) in [7, 11) is 0. The van der Waals surface area contributed by atoms with Crippen molar-refractivity contribution < 1.29 is 4.79 Å². The average Bonchev–Trinajstić information content (AvgIpc) is 2.59. The van der Waals surface area contributed by atoms with Crippen molar-refractivity contribution in [2.75, 3.05) is 11.9 Å². The summed E-state index contributed by atoms with van der Waals surface area (Å²) in [4.78, 5) is 31.9. The zero-order valence-corrected chi connectivity index (χ0v) is 15.5. The molecule has 1 aliphatic rings. The highest BCUT2D eigenvalue weighted by Crippen LogP contribution is 2.31. The van der Waals surface area contributed by atoms with Crippen LogP contribution >= 0.6 is 0 Å². The number of aromatic nitrogens is 4. The highest BCUT2D eigenvalue weighted by atomic mass is 16.2. The van der Waals surface area contributed by atoms with Gasteiger partial charge in [0, 0.05) is 24.0 Å². The lowest BCUT2D eigenvalue weighted by molar-refractivity contribution is -0.129. The van der Waals surface area contributed by atoms with Crippen LogP contribution in [0.2, 0.25) is 0 Å². The van der Waals surface area contributed by atoms with Gasteiger partial charge in [0.1, 0.15) is 11.6 Å². The standard InChI is InChI=1S/C19H24N6O/c1-5-18(26)25-9-7-6-8-16(25)15-11-17(23-14(4)22-15)24-19-20-12(2)10-13(3)21-19/h5,10-11,16H,1,6-9H2,2-4H3,(H,20,21,22,23,24). The van der Waals surface area contributed by atoms with Gasteiger partial charge in [-0.1, -0.05) is 6.58 Å². The quantitative estimate of drug-likeness (QED) is 0.851. The lowest BCUT2D eigenvalue weighted by atomic mass is 9.98. The zero-order chi connectivity index (χ0) is 18.7. The largest absolute Gasteiger partial charge is 0.331 e. The number of carbonyl (C=O) groups is 1. The number of rotatable bonds is 4. The number of likely N-dealkylation sites (tertiary alicyclic amines) is 1. The Kier molecular flexibility index (Phi) is 5.25. The summed E-state index contributed by atoms with van der Waals surface area (Å²) in [5.74, 6) is 1.73. The van der Waals surface area contributed by atoms with Crippen LogP contribution in [0.4, 0.5) is 11.8 Å². The Morgan fingerprint density at radius 1 is 1.15 bits per heavy atom. The first-order valence-corrected chi connectivity index (χ1v) is 8.84. The van der Waals surface area contributed by atoms with Crippen LogP contribution in [0.15, 0.2) is 24.8 Å². The van der Waals surface area contributed by atoms with Crippen LogP contribution < -0.4 is 5.32 Å². The van der Waals surface area contributed by atoms with E-state index in [1.54, 1.807) is 0 Å². The van der Waals surface area contributed by atoms with Crippen molar-refractivity contribution in [2.45, 2.75) is 46.1 Å². The van der Waals surface area contributed by atoms with E-state index in [4.69, 9.17) is 0 Å². The van der Waals surface area contributed by atoms with Gasteiger partial charge >= 0.3 is 0 Å². The topological polar surface area (TPSA) is 83.9 Å². The predicted molar refractivity (Wildman–Crippen MR) is 100 cm³/mol. The van der Waals surface area contributed by atoms with Crippen LogP contribution in [0.25, 0.3) is 0 Å². The van der Waals surface area contributed by atoms with Crippen molar-refractivity contribution in [1.82, 2.24) is 24.8 Å². The molecule has 7 nitrogen and oxygen atoms in total. The van der Waals surface area contributed by atoms with Gasteiger partial charge in [-0.3, -0.25) is 4.79 Å². The lowest BCUT2D eigenvalue weighted by Crippen LogP contribution is -2.38. The first kappa shape index (κ1) is 18.0. The summed E-state index contributed by atoms with van der Waals surface area (Å²) in [5, 5.41) is 3.17. The molecule has 0 bridgehead atoms. The van der Waals surface area contributed by atoms with Gasteiger partial charge in [0.2, 0.25) is 11.9 Å². The third-order valence-corrected chi connectivity index (χ3v) is 4.38. The molecule has 1 N–H and O–H groups in total. The Bertz CT molecular complexity index is 815. The number of hydrogen-bond acceptors (Lipinski definition) is 6. The SMILES string of the molecule is C=CC(=O)N1CCCCC1c1cc(Nc2nc(C)cc(C)n2)nc(C)n1. The summed E-state index contributed by atoms with van der Waals surface area (Å²) >= 11 is 0. The fourth-order valence-corrected chi connectivity index (χ4v) is 3.34. The highest BCUT2D eigenvalue weighted by Gasteiger charge is 2.28. The minimum Gasteiger partial charge on any atom is -0.331 e. The Morgan fingerprint density at radius 2 is 1.88 bits per heavy atom. The Balaban J connectivity index is 1.91. The van der Waals surface area contributed by atoms with Crippen LogP contribution in [0.3, 0.4) is 0 Å². The minimum atomic E-state index is -0.0586. The number of carbonyl (C=O) groups excluding carboxylic acids is 1. The lowest BCUT2D eigenvalue weighted by Gasteiger charge is -2.34. The van der Waals surface area contributed by atoms with E-state index in [1.807, 2.05) is 37.8 Å². The molecule has 3 heterocycles. The molecule has 2 aromatic heterocycles. The van der Waals surface area contributed by atoms with Crippen LogP contribution in [0.1, 0.15) is 48.2 Å². The molecule has 1 atom stereocenters. The Labute approximate surface area is 153 Å². The first-order valence-electron chi connectivity index (χ1n) is 8.84. The maximum atomic E-state index is 12.2. The highest BCUT2D eigenvalue weighted by molar-refractivity contribution is 5.87. The van der Waals surface area contributed by atoms with Gasteiger partial charge in [-0.05, 0) is 52.2 Å². The van der Waals surface area contributed by atoms with Gasteiger partial charge in [0.05, 0.1) is 11.7 Å². The molecule has 26 heavy (non-hydrogen) atoms. The van der Waals surface area contributed by atoms with Crippen molar-refractivity contribution in [3.63, 3.8) is 0 Å². The fourth-order valence-electron chi connectivity index (χ4n) is 3.34. The third kappa shape index (κ3) is 4.04. The van der Waals surface area contributed by atoms with Gasteiger partial charge in [-0.25, -0.2) is 19.9 Å². The number of aryl methyl sites for hydroxylation is 3. The second kappa shape index (κ2) is 7.59. The van der Waals surface area contributed by atoms with Crippen molar-refractivity contribution in [1.29, 1.82) is 0 Å². The summed E-state index contributed by atoms with van der Waals surface area (Å²) in [6.45, 7) is 10.0. The van der Waals surface area contributed by atoms with Crippen LogP contribution in [0, 0.1) is 20.8 Å². The van der Waals surface area contributed by atoms with Gasteiger partial charge < -0.3 is 10.2 Å². The first-order chi connectivity index (χ1) is 12.5. The molecular formula is C19H24N6O. The molecular weight excluding hydrogens is 328 g/mol.